The zero-order valence-electron chi connectivity index (χ0n) is 4.77. The Kier molecular flexibility index (Phi) is 3.29. The van der Waals surface area contributed by atoms with Crippen LogP contribution in [-0.2, 0) is 4.79 Å². The van der Waals surface area contributed by atoms with E-state index >= 15 is 0 Å². The summed E-state index contributed by atoms with van der Waals surface area (Å²) in [5, 5.41) is 0. The molecule has 0 heterocycles. The number of rotatable bonds is 2. The molecule has 7 heavy (non-hydrogen) atoms. The topological polar surface area (TPSA) is 17.1 Å². The van der Waals surface area contributed by atoms with Gasteiger partial charge < -0.3 is 4.79 Å². The molecule has 0 aromatic rings. The average Bonchev–Trinajstić information content (AvgIpc) is 1.68. The van der Waals surface area contributed by atoms with Crippen molar-refractivity contribution in [2.24, 2.45) is 0 Å². The molecule has 0 saturated heterocycles. The highest BCUT2D eigenvalue weighted by atomic mass is 16.1. The van der Waals surface area contributed by atoms with Gasteiger partial charge in [-0.05, 0) is 13.8 Å². The second-order valence-electron chi connectivity index (χ2n) is 1.51. The van der Waals surface area contributed by atoms with E-state index in [9.17, 15) is 4.79 Å². The summed E-state index contributed by atoms with van der Waals surface area (Å²) in [4.78, 5) is 9.73. The molecule has 0 atom stereocenters. The first-order chi connectivity index (χ1) is 3.31. The molecular formula is C6H10O. The molecule has 1 nitrogen and oxygen atoms in total. The van der Waals surface area contributed by atoms with Gasteiger partial charge in [-0.1, -0.05) is 11.6 Å². The Morgan fingerprint density at radius 3 is 2.43 bits per heavy atom. The molecule has 40 valence electrons. The van der Waals surface area contributed by atoms with Crippen molar-refractivity contribution >= 4 is 6.29 Å². The van der Waals surface area contributed by atoms with Crippen LogP contribution >= 0.6 is 0 Å². The smallest absolute Gasteiger partial charge is 0.124 e. The number of allylic oxidation sites excluding steroid dienone is 2. The summed E-state index contributed by atoms with van der Waals surface area (Å²) in [5.74, 6) is 0. The minimum absolute atomic E-state index is 0.580. The van der Waals surface area contributed by atoms with Crippen LogP contribution in [0, 0.1) is 0 Å². The molecule has 0 radical (unpaired) electrons. The van der Waals surface area contributed by atoms with Crippen LogP contribution in [0.2, 0.25) is 0 Å². The fourth-order valence-corrected chi connectivity index (χ4v) is 0.249. The van der Waals surface area contributed by atoms with Crippen molar-refractivity contribution in [3.63, 3.8) is 0 Å². The van der Waals surface area contributed by atoms with Crippen LogP contribution in [0.15, 0.2) is 11.6 Å². The number of carbonyl (C=O) groups is 1. The van der Waals surface area contributed by atoms with E-state index in [-0.39, 0.29) is 0 Å². The monoisotopic (exact) mass is 98.1 g/mol. The van der Waals surface area contributed by atoms with Crippen molar-refractivity contribution in [2.45, 2.75) is 20.3 Å². The zero-order chi connectivity index (χ0) is 5.70. The lowest BCUT2D eigenvalue weighted by Gasteiger charge is -1.84. The fourth-order valence-electron chi connectivity index (χ4n) is 0.249. The van der Waals surface area contributed by atoms with Crippen LogP contribution in [0.4, 0.5) is 0 Å². The van der Waals surface area contributed by atoms with E-state index in [4.69, 9.17) is 0 Å². The lowest BCUT2D eigenvalue weighted by molar-refractivity contribution is -0.107. The van der Waals surface area contributed by atoms with E-state index in [1.165, 1.54) is 0 Å². The van der Waals surface area contributed by atoms with Crippen molar-refractivity contribution in [1.82, 2.24) is 0 Å². The van der Waals surface area contributed by atoms with Gasteiger partial charge in [0.15, 0.2) is 0 Å². The van der Waals surface area contributed by atoms with Crippen LogP contribution in [0.25, 0.3) is 0 Å². The van der Waals surface area contributed by atoms with Gasteiger partial charge >= 0.3 is 0 Å². The Bertz CT molecular complexity index is 82.2. The summed E-state index contributed by atoms with van der Waals surface area (Å²) in [7, 11) is 0. The SMILES string of the molecule is C/C=C(\C)CC=O. The molecule has 0 aromatic heterocycles. The maximum absolute atomic E-state index is 9.73. The average molecular weight is 98.1 g/mol. The largest absolute Gasteiger partial charge is 0.303 e. The van der Waals surface area contributed by atoms with Crippen LogP contribution in [0.3, 0.4) is 0 Å². The Labute approximate surface area is 44.0 Å². The molecule has 0 rings (SSSR count). The van der Waals surface area contributed by atoms with Gasteiger partial charge in [0.25, 0.3) is 0 Å². The van der Waals surface area contributed by atoms with Gasteiger partial charge in [0.05, 0.1) is 0 Å². The fraction of sp³-hybridized carbons (Fsp3) is 0.500. The van der Waals surface area contributed by atoms with E-state index in [0.29, 0.717) is 6.42 Å². The third kappa shape index (κ3) is 3.23. The Morgan fingerprint density at radius 1 is 1.71 bits per heavy atom. The quantitative estimate of drug-likeness (QED) is 0.378. The third-order valence-electron chi connectivity index (χ3n) is 0.898. The normalized spacial score (nSPS) is 11.4. The zero-order valence-corrected chi connectivity index (χ0v) is 4.77. The predicted octanol–water partition coefficient (Wildman–Crippen LogP) is 1.54. The summed E-state index contributed by atoms with van der Waals surface area (Å²) in [6.07, 6.45) is 3.43. The first kappa shape index (κ1) is 6.41. The number of hydrogen-bond donors (Lipinski definition) is 0. The Balaban J connectivity index is 3.36. The maximum Gasteiger partial charge on any atom is 0.124 e. The molecule has 0 aromatic carbocycles. The minimum atomic E-state index is 0.580. The van der Waals surface area contributed by atoms with Crippen molar-refractivity contribution in [1.29, 1.82) is 0 Å². The van der Waals surface area contributed by atoms with Crippen molar-refractivity contribution < 1.29 is 4.79 Å². The van der Waals surface area contributed by atoms with Crippen LogP contribution in [0.1, 0.15) is 20.3 Å². The molecule has 1 heteroatoms. The van der Waals surface area contributed by atoms with Gasteiger partial charge in [-0.15, -0.1) is 0 Å². The minimum Gasteiger partial charge on any atom is -0.303 e. The molecule has 0 aliphatic rings. The van der Waals surface area contributed by atoms with E-state index in [1.807, 2.05) is 19.9 Å². The van der Waals surface area contributed by atoms with E-state index in [2.05, 4.69) is 0 Å². The van der Waals surface area contributed by atoms with Gasteiger partial charge in [0, 0.05) is 6.42 Å². The van der Waals surface area contributed by atoms with Gasteiger partial charge in [0.2, 0.25) is 0 Å². The first-order valence-corrected chi connectivity index (χ1v) is 2.36. The van der Waals surface area contributed by atoms with E-state index in [1.54, 1.807) is 0 Å². The van der Waals surface area contributed by atoms with Crippen molar-refractivity contribution in [3.05, 3.63) is 11.6 Å². The van der Waals surface area contributed by atoms with Crippen molar-refractivity contribution in [2.75, 3.05) is 0 Å². The van der Waals surface area contributed by atoms with Crippen LogP contribution in [0.5, 0.6) is 0 Å². The molecular weight excluding hydrogens is 88.1 g/mol. The number of carbonyl (C=O) groups excluding carboxylic acids is 1. The molecule has 0 spiro atoms. The molecule has 0 aliphatic heterocycles. The predicted molar refractivity (Wildman–Crippen MR) is 30.1 cm³/mol. The highest BCUT2D eigenvalue weighted by Crippen LogP contribution is 1.92. The Hall–Kier alpha value is -0.590. The molecule has 0 aliphatic carbocycles. The lowest BCUT2D eigenvalue weighted by atomic mass is 10.2. The molecule has 0 fully saturated rings. The van der Waals surface area contributed by atoms with Crippen LogP contribution in [-0.4, -0.2) is 6.29 Å². The standard InChI is InChI=1S/C6H10O/c1-3-6(2)4-5-7/h3,5H,4H2,1-2H3/b6-3+. The van der Waals surface area contributed by atoms with Gasteiger partial charge in [-0.3, -0.25) is 0 Å². The lowest BCUT2D eigenvalue weighted by Crippen LogP contribution is -1.74. The molecule has 0 N–H and O–H groups in total. The van der Waals surface area contributed by atoms with Gasteiger partial charge in [-0.25, -0.2) is 0 Å². The molecule has 0 amide bonds. The highest BCUT2D eigenvalue weighted by Gasteiger charge is 1.79. The highest BCUT2D eigenvalue weighted by molar-refractivity contribution is 5.53. The summed E-state index contributed by atoms with van der Waals surface area (Å²) in [6, 6.07) is 0. The van der Waals surface area contributed by atoms with Crippen LogP contribution < -0.4 is 0 Å². The summed E-state index contributed by atoms with van der Waals surface area (Å²) < 4.78 is 0. The number of hydrogen-bond acceptors (Lipinski definition) is 1. The molecule has 0 saturated carbocycles. The second kappa shape index (κ2) is 3.59. The van der Waals surface area contributed by atoms with E-state index < -0.39 is 0 Å². The van der Waals surface area contributed by atoms with E-state index in [0.717, 1.165) is 11.9 Å². The van der Waals surface area contributed by atoms with Crippen molar-refractivity contribution in [3.8, 4) is 0 Å². The summed E-state index contributed by atoms with van der Waals surface area (Å²) in [6.45, 7) is 3.87. The Morgan fingerprint density at radius 2 is 2.29 bits per heavy atom. The third-order valence-corrected chi connectivity index (χ3v) is 0.898. The molecule has 0 bridgehead atoms. The molecule has 0 unspecified atom stereocenters. The second-order valence-corrected chi connectivity index (χ2v) is 1.51. The first-order valence-electron chi connectivity index (χ1n) is 2.36. The van der Waals surface area contributed by atoms with Gasteiger partial charge in [-0.2, -0.15) is 0 Å². The van der Waals surface area contributed by atoms with Gasteiger partial charge in [0.1, 0.15) is 6.29 Å². The summed E-state index contributed by atoms with van der Waals surface area (Å²) in [5.41, 5.74) is 1.13. The summed E-state index contributed by atoms with van der Waals surface area (Å²) >= 11 is 0. The maximum atomic E-state index is 9.73. The number of aldehydes is 1.